The van der Waals surface area contributed by atoms with E-state index in [2.05, 4.69) is 0 Å². The number of aliphatic carboxylic acids is 2. The van der Waals surface area contributed by atoms with E-state index in [0.29, 0.717) is 11.3 Å². The van der Waals surface area contributed by atoms with Crippen LogP contribution >= 0.6 is 24.0 Å². The number of carboxylic acid groups (broad SMARTS) is 2. The number of thiocarbonyl (C=S) groups is 1. The molecule has 0 atom stereocenters. The van der Waals surface area contributed by atoms with Crippen LogP contribution in [0.3, 0.4) is 0 Å². The molecule has 2 N–H and O–H groups in total. The minimum absolute atomic E-state index is 0.134. The van der Waals surface area contributed by atoms with Gasteiger partial charge >= 0.3 is 11.9 Å². The first-order chi connectivity index (χ1) is 11.8. The van der Waals surface area contributed by atoms with Gasteiger partial charge < -0.3 is 19.7 Å². The van der Waals surface area contributed by atoms with Crippen LogP contribution in [-0.4, -0.2) is 57.5 Å². The molecule has 2 rings (SSSR count). The van der Waals surface area contributed by atoms with Crippen LogP contribution in [-0.2, 0) is 14.4 Å². The van der Waals surface area contributed by atoms with Gasteiger partial charge in [0.2, 0.25) is 0 Å². The Hall–Kier alpha value is -2.59. The fourth-order valence-corrected chi connectivity index (χ4v) is 3.20. The molecule has 0 radical (unpaired) electrons. The number of rotatable bonds is 7. The first-order valence-corrected chi connectivity index (χ1v) is 8.04. The second kappa shape index (κ2) is 7.99. The molecule has 0 aliphatic carbocycles. The summed E-state index contributed by atoms with van der Waals surface area (Å²) < 4.78 is 10.4. The number of hydrogen-bond donors (Lipinski definition) is 2. The highest BCUT2D eigenvalue weighted by Crippen LogP contribution is 2.35. The number of amides is 1. The van der Waals surface area contributed by atoms with E-state index in [1.54, 1.807) is 12.1 Å². The van der Waals surface area contributed by atoms with Gasteiger partial charge in [-0.1, -0.05) is 24.0 Å². The highest BCUT2D eigenvalue weighted by Gasteiger charge is 2.33. The van der Waals surface area contributed by atoms with Gasteiger partial charge in [0.05, 0.1) is 12.0 Å². The van der Waals surface area contributed by atoms with Crippen LogP contribution in [0.5, 0.6) is 11.5 Å². The average molecular weight is 383 g/mol. The average Bonchev–Trinajstić information content (AvgIpc) is 2.80. The summed E-state index contributed by atoms with van der Waals surface area (Å²) in [5.41, 5.74) is 0.413. The van der Waals surface area contributed by atoms with E-state index in [-0.39, 0.29) is 15.0 Å². The van der Waals surface area contributed by atoms with E-state index in [1.807, 2.05) is 0 Å². The van der Waals surface area contributed by atoms with Crippen molar-refractivity contribution in [3.63, 3.8) is 0 Å². The first-order valence-electron chi connectivity index (χ1n) is 6.81. The molecular formula is C15H13NO7S2. The summed E-state index contributed by atoms with van der Waals surface area (Å²) >= 11 is 5.98. The van der Waals surface area contributed by atoms with Crippen molar-refractivity contribution in [1.29, 1.82) is 0 Å². The molecule has 0 bridgehead atoms. The van der Waals surface area contributed by atoms with Gasteiger partial charge in [0.25, 0.3) is 5.91 Å². The molecule has 25 heavy (non-hydrogen) atoms. The van der Waals surface area contributed by atoms with Crippen molar-refractivity contribution in [1.82, 2.24) is 4.90 Å². The predicted molar refractivity (Wildman–Crippen MR) is 93.6 cm³/mol. The lowest BCUT2D eigenvalue weighted by molar-refractivity contribution is -0.140. The van der Waals surface area contributed by atoms with Crippen molar-refractivity contribution in [3.8, 4) is 11.5 Å². The number of ether oxygens (including phenoxy) is 2. The van der Waals surface area contributed by atoms with Crippen LogP contribution < -0.4 is 9.47 Å². The monoisotopic (exact) mass is 383 g/mol. The third-order valence-electron chi connectivity index (χ3n) is 3.02. The fourth-order valence-electron chi connectivity index (χ4n) is 1.95. The molecule has 0 unspecified atom stereocenters. The molecule has 1 aromatic rings. The maximum absolute atomic E-state index is 12.3. The Morgan fingerprint density at radius 3 is 2.64 bits per heavy atom. The highest BCUT2D eigenvalue weighted by atomic mass is 32.2. The molecule has 1 fully saturated rings. The summed E-state index contributed by atoms with van der Waals surface area (Å²) in [6, 6.07) is 4.68. The Balaban J connectivity index is 2.35. The van der Waals surface area contributed by atoms with Gasteiger partial charge in [-0.2, -0.15) is 0 Å². The molecule has 132 valence electrons. The second-order valence-corrected chi connectivity index (χ2v) is 6.42. The third kappa shape index (κ3) is 4.70. The van der Waals surface area contributed by atoms with Crippen LogP contribution in [0.2, 0.25) is 0 Å². The molecule has 0 spiro atoms. The number of methoxy groups -OCH3 is 1. The minimum Gasteiger partial charge on any atom is -0.497 e. The van der Waals surface area contributed by atoms with E-state index in [4.69, 9.17) is 31.9 Å². The van der Waals surface area contributed by atoms with Crippen LogP contribution in [0.15, 0.2) is 23.1 Å². The van der Waals surface area contributed by atoms with Crippen molar-refractivity contribution in [2.24, 2.45) is 0 Å². The van der Waals surface area contributed by atoms with E-state index in [9.17, 15) is 14.4 Å². The number of hydrogen-bond acceptors (Lipinski definition) is 7. The lowest BCUT2D eigenvalue weighted by Crippen LogP contribution is -2.33. The first kappa shape index (κ1) is 18.7. The zero-order chi connectivity index (χ0) is 18.6. The zero-order valence-corrected chi connectivity index (χ0v) is 14.6. The Labute approximate surface area is 152 Å². The number of carboxylic acids is 2. The van der Waals surface area contributed by atoms with Crippen molar-refractivity contribution in [2.75, 3.05) is 20.3 Å². The van der Waals surface area contributed by atoms with Gasteiger partial charge in [-0.3, -0.25) is 14.5 Å². The van der Waals surface area contributed by atoms with Gasteiger partial charge in [0.1, 0.15) is 22.4 Å². The number of carbonyl (C=O) groups excluding carboxylic acids is 1. The predicted octanol–water partition coefficient (Wildman–Crippen LogP) is 1.44. The van der Waals surface area contributed by atoms with E-state index >= 15 is 0 Å². The molecule has 1 heterocycles. The van der Waals surface area contributed by atoms with Crippen LogP contribution in [0.1, 0.15) is 5.56 Å². The normalized spacial score (nSPS) is 15.6. The second-order valence-electron chi connectivity index (χ2n) is 4.75. The smallest absolute Gasteiger partial charge is 0.341 e. The lowest BCUT2D eigenvalue weighted by Gasteiger charge is -2.11. The minimum atomic E-state index is -1.18. The molecule has 1 saturated heterocycles. The molecule has 8 nitrogen and oxygen atoms in total. The van der Waals surface area contributed by atoms with Gasteiger partial charge in [-0.05, 0) is 24.3 Å². The van der Waals surface area contributed by atoms with E-state index in [0.717, 1.165) is 16.7 Å². The van der Waals surface area contributed by atoms with Gasteiger partial charge in [-0.25, -0.2) is 4.79 Å². The van der Waals surface area contributed by atoms with Crippen molar-refractivity contribution in [3.05, 3.63) is 28.7 Å². The highest BCUT2D eigenvalue weighted by molar-refractivity contribution is 8.26. The molecule has 1 aromatic carbocycles. The summed E-state index contributed by atoms with van der Waals surface area (Å²) in [4.78, 5) is 35.0. The molecule has 10 heteroatoms. The lowest BCUT2D eigenvalue weighted by atomic mass is 10.1. The topological polar surface area (TPSA) is 113 Å². The fraction of sp³-hybridized carbons (Fsp3) is 0.200. The van der Waals surface area contributed by atoms with Crippen LogP contribution in [0, 0.1) is 0 Å². The Morgan fingerprint density at radius 2 is 2.04 bits per heavy atom. The largest absolute Gasteiger partial charge is 0.497 e. The van der Waals surface area contributed by atoms with Gasteiger partial charge in [0.15, 0.2) is 6.61 Å². The van der Waals surface area contributed by atoms with Gasteiger partial charge in [0, 0.05) is 5.56 Å². The van der Waals surface area contributed by atoms with Gasteiger partial charge in [-0.15, -0.1) is 0 Å². The number of carbonyl (C=O) groups is 3. The van der Waals surface area contributed by atoms with Crippen LogP contribution in [0.25, 0.3) is 6.08 Å². The quantitative estimate of drug-likeness (QED) is 0.533. The summed E-state index contributed by atoms with van der Waals surface area (Å²) in [7, 11) is 1.46. The molecule has 1 aliphatic heterocycles. The van der Waals surface area contributed by atoms with Crippen molar-refractivity contribution >= 4 is 52.2 Å². The SMILES string of the molecule is COc1ccc(OCC(=O)O)c(C=C2SC(=S)N(CC(=O)O)C2=O)c1. The maximum atomic E-state index is 12.3. The maximum Gasteiger partial charge on any atom is 0.341 e. The summed E-state index contributed by atoms with van der Waals surface area (Å²) in [5, 5.41) is 17.6. The number of thioether (sulfide) groups is 1. The standard InChI is InChI=1S/C15H13NO7S2/c1-22-9-2-3-10(23-7-13(19)20)8(4-9)5-11-14(21)16(6-12(17)18)15(24)25-11/h2-5H,6-7H2,1H3,(H,17,18)(H,19,20). The van der Waals surface area contributed by atoms with Crippen molar-refractivity contribution in [2.45, 2.75) is 0 Å². The molecule has 1 aliphatic rings. The van der Waals surface area contributed by atoms with E-state index < -0.39 is 31.0 Å². The summed E-state index contributed by atoms with van der Waals surface area (Å²) in [6.45, 7) is -1.07. The molecule has 1 amide bonds. The van der Waals surface area contributed by atoms with Crippen LogP contribution in [0.4, 0.5) is 0 Å². The van der Waals surface area contributed by atoms with Crippen molar-refractivity contribution < 1.29 is 34.1 Å². The number of benzene rings is 1. The zero-order valence-electron chi connectivity index (χ0n) is 12.9. The Kier molecular flexibility index (Phi) is 5.99. The molecular weight excluding hydrogens is 370 g/mol. The van der Waals surface area contributed by atoms with E-state index in [1.165, 1.54) is 19.3 Å². The molecule has 0 aromatic heterocycles. The Bertz CT molecular complexity index is 775. The Morgan fingerprint density at radius 1 is 1.32 bits per heavy atom. The number of nitrogens with zero attached hydrogens (tertiary/aromatic N) is 1. The third-order valence-corrected chi connectivity index (χ3v) is 4.40. The summed E-state index contributed by atoms with van der Waals surface area (Å²) in [6.07, 6.45) is 1.46. The molecule has 0 saturated carbocycles. The summed E-state index contributed by atoms with van der Waals surface area (Å²) in [5.74, 6) is -2.13.